The molecule has 2 amide bonds. The fourth-order valence-corrected chi connectivity index (χ4v) is 3.23. The lowest BCUT2D eigenvalue weighted by atomic mass is 10.0. The van der Waals surface area contributed by atoms with Gasteiger partial charge in [0.15, 0.2) is 0 Å². The average molecular weight is 320 g/mol. The zero-order valence-electron chi connectivity index (χ0n) is 12.9. The van der Waals surface area contributed by atoms with Gasteiger partial charge >= 0.3 is 0 Å². The highest BCUT2D eigenvalue weighted by atomic mass is 19.1. The second-order valence-electron chi connectivity index (χ2n) is 6.23. The van der Waals surface area contributed by atoms with Crippen LogP contribution in [0.3, 0.4) is 0 Å². The lowest BCUT2D eigenvalue weighted by Crippen LogP contribution is -2.47. The van der Waals surface area contributed by atoms with Crippen LogP contribution in [-0.2, 0) is 16.0 Å². The zero-order chi connectivity index (χ0) is 16.2. The molecule has 2 N–H and O–H groups in total. The Morgan fingerprint density at radius 2 is 2.04 bits per heavy atom. The molecule has 2 aliphatic rings. The van der Waals surface area contributed by atoms with Gasteiger partial charge in [-0.15, -0.1) is 0 Å². The lowest BCUT2D eigenvalue weighted by Gasteiger charge is -2.26. The van der Waals surface area contributed by atoms with E-state index in [0.717, 1.165) is 31.2 Å². The van der Waals surface area contributed by atoms with Gasteiger partial charge in [-0.3, -0.25) is 9.59 Å². The normalized spacial score (nSPS) is 20.5. The third kappa shape index (κ3) is 4.00. The molecule has 5 nitrogen and oxygen atoms in total. The van der Waals surface area contributed by atoms with Crippen LogP contribution in [0.25, 0.3) is 0 Å². The number of amides is 2. The molecule has 1 aliphatic heterocycles. The van der Waals surface area contributed by atoms with E-state index in [1.807, 2.05) is 0 Å². The Morgan fingerprint density at radius 1 is 1.26 bits per heavy atom. The molecular weight excluding hydrogens is 299 g/mol. The van der Waals surface area contributed by atoms with Crippen LogP contribution < -0.4 is 15.4 Å². The summed E-state index contributed by atoms with van der Waals surface area (Å²) in [5.74, 6) is 0.111. The minimum absolute atomic E-state index is 0.0260. The van der Waals surface area contributed by atoms with Crippen molar-refractivity contribution in [2.24, 2.45) is 5.92 Å². The predicted octanol–water partition coefficient (Wildman–Crippen LogP) is 1.55. The number of ether oxygens (including phenoxy) is 1. The maximum atomic E-state index is 13.3. The molecule has 1 fully saturated rings. The molecule has 1 aromatic rings. The van der Waals surface area contributed by atoms with Crippen molar-refractivity contribution in [3.63, 3.8) is 0 Å². The van der Waals surface area contributed by atoms with Crippen molar-refractivity contribution in [3.8, 4) is 5.75 Å². The monoisotopic (exact) mass is 320 g/mol. The molecule has 0 radical (unpaired) electrons. The molecular formula is C17H21FN2O3. The first-order chi connectivity index (χ1) is 11.1. The van der Waals surface area contributed by atoms with Gasteiger partial charge in [0.2, 0.25) is 11.8 Å². The molecule has 0 aromatic heterocycles. The predicted molar refractivity (Wildman–Crippen MR) is 82.5 cm³/mol. The minimum Gasteiger partial charge on any atom is -0.491 e. The quantitative estimate of drug-likeness (QED) is 0.884. The van der Waals surface area contributed by atoms with E-state index in [1.54, 1.807) is 6.07 Å². The van der Waals surface area contributed by atoms with Gasteiger partial charge in [0.1, 0.15) is 18.2 Å². The molecule has 0 bridgehead atoms. The summed E-state index contributed by atoms with van der Waals surface area (Å²) >= 11 is 0. The third-order valence-electron chi connectivity index (χ3n) is 4.44. The summed E-state index contributed by atoms with van der Waals surface area (Å²) in [4.78, 5) is 23.8. The first-order valence-electron chi connectivity index (χ1n) is 8.10. The van der Waals surface area contributed by atoms with E-state index in [4.69, 9.17) is 4.74 Å². The topological polar surface area (TPSA) is 67.4 Å². The van der Waals surface area contributed by atoms with Gasteiger partial charge in [0, 0.05) is 5.92 Å². The van der Waals surface area contributed by atoms with Gasteiger partial charge in [0.05, 0.1) is 12.6 Å². The van der Waals surface area contributed by atoms with Crippen LogP contribution in [0.4, 0.5) is 4.39 Å². The van der Waals surface area contributed by atoms with E-state index >= 15 is 0 Å². The number of hydrogen-bond donors (Lipinski definition) is 2. The van der Waals surface area contributed by atoms with Crippen molar-refractivity contribution < 1.29 is 18.7 Å². The fraction of sp³-hybridized carbons (Fsp3) is 0.529. The first-order valence-corrected chi connectivity index (χ1v) is 8.10. The molecule has 1 aliphatic carbocycles. The summed E-state index contributed by atoms with van der Waals surface area (Å²) < 4.78 is 18.8. The first kappa shape index (κ1) is 15.8. The summed E-state index contributed by atoms with van der Waals surface area (Å²) in [5, 5.41) is 5.51. The third-order valence-corrected chi connectivity index (χ3v) is 4.44. The standard InChI is InChI=1S/C17H21FN2O3/c18-13-5-6-15-12(7-13)8-14(10-23-15)20-16(21)9-19-17(22)11-3-1-2-4-11/h5-7,11,14H,1-4,8-10H2,(H,19,22)(H,20,21). The molecule has 1 saturated carbocycles. The van der Waals surface area contributed by atoms with E-state index in [9.17, 15) is 14.0 Å². The minimum atomic E-state index is -0.317. The van der Waals surface area contributed by atoms with Crippen LogP contribution in [0.5, 0.6) is 5.75 Å². The van der Waals surface area contributed by atoms with Gasteiger partial charge in [-0.1, -0.05) is 12.8 Å². The number of rotatable bonds is 4. The second-order valence-corrected chi connectivity index (χ2v) is 6.23. The Bertz CT molecular complexity index is 600. The number of carbonyl (C=O) groups is 2. The SMILES string of the molecule is O=C(CNC(=O)C1CCCC1)NC1COc2ccc(F)cc2C1. The molecule has 0 spiro atoms. The van der Waals surface area contributed by atoms with Crippen LogP contribution in [0, 0.1) is 11.7 Å². The van der Waals surface area contributed by atoms with Crippen molar-refractivity contribution in [2.45, 2.75) is 38.1 Å². The molecule has 1 aromatic carbocycles. The van der Waals surface area contributed by atoms with E-state index in [-0.39, 0.29) is 36.1 Å². The van der Waals surface area contributed by atoms with Gasteiger partial charge < -0.3 is 15.4 Å². The van der Waals surface area contributed by atoms with Crippen molar-refractivity contribution in [1.29, 1.82) is 0 Å². The highest BCUT2D eigenvalue weighted by Gasteiger charge is 2.24. The van der Waals surface area contributed by atoms with Crippen molar-refractivity contribution in [2.75, 3.05) is 13.2 Å². The van der Waals surface area contributed by atoms with E-state index < -0.39 is 0 Å². The zero-order valence-corrected chi connectivity index (χ0v) is 12.9. The Morgan fingerprint density at radius 3 is 2.83 bits per heavy atom. The maximum Gasteiger partial charge on any atom is 0.239 e. The van der Waals surface area contributed by atoms with Crippen LogP contribution in [0.2, 0.25) is 0 Å². The Balaban J connectivity index is 1.46. The van der Waals surface area contributed by atoms with Crippen molar-refractivity contribution in [1.82, 2.24) is 10.6 Å². The molecule has 3 rings (SSSR count). The largest absolute Gasteiger partial charge is 0.491 e. The second kappa shape index (κ2) is 6.98. The van der Waals surface area contributed by atoms with Crippen molar-refractivity contribution >= 4 is 11.8 Å². The molecule has 0 saturated heterocycles. The van der Waals surface area contributed by atoms with Crippen LogP contribution in [0.15, 0.2) is 18.2 Å². The van der Waals surface area contributed by atoms with Gasteiger partial charge in [0.25, 0.3) is 0 Å². The maximum absolute atomic E-state index is 13.3. The van der Waals surface area contributed by atoms with Gasteiger partial charge in [-0.05, 0) is 43.0 Å². The number of fused-ring (bicyclic) bond motifs is 1. The van der Waals surface area contributed by atoms with Gasteiger partial charge in [-0.2, -0.15) is 0 Å². The molecule has 6 heteroatoms. The summed E-state index contributed by atoms with van der Waals surface area (Å²) in [7, 11) is 0. The number of halogens is 1. The van der Waals surface area contributed by atoms with Crippen molar-refractivity contribution in [3.05, 3.63) is 29.6 Å². The summed E-state index contributed by atoms with van der Waals surface area (Å²) in [6.45, 7) is 0.322. The van der Waals surface area contributed by atoms with Gasteiger partial charge in [-0.25, -0.2) is 4.39 Å². The molecule has 23 heavy (non-hydrogen) atoms. The number of benzene rings is 1. The summed E-state index contributed by atoms with van der Waals surface area (Å²) in [6, 6.07) is 4.18. The van der Waals surface area contributed by atoms with Crippen LogP contribution >= 0.6 is 0 Å². The fourth-order valence-electron chi connectivity index (χ4n) is 3.23. The van der Waals surface area contributed by atoms with E-state index in [0.29, 0.717) is 18.8 Å². The molecule has 124 valence electrons. The Kier molecular flexibility index (Phi) is 4.79. The summed E-state index contributed by atoms with van der Waals surface area (Å²) in [6.07, 6.45) is 4.51. The highest BCUT2D eigenvalue weighted by Crippen LogP contribution is 2.25. The highest BCUT2D eigenvalue weighted by molar-refractivity contribution is 5.86. The Labute approximate surface area is 134 Å². The number of hydrogen-bond acceptors (Lipinski definition) is 3. The molecule has 1 heterocycles. The lowest BCUT2D eigenvalue weighted by molar-refractivity contribution is -0.128. The Hall–Kier alpha value is -2.11. The molecule has 1 atom stereocenters. The van der Waals surface area contributed by atoms with E-state index in [2.05, 4.69) is 10.6 Å². The van der Waals surface area contributed by atoms with E-state index in [1.165, 1.54) is 12.1 Å². The van der Waals surface area contributed by atoms with Crippen LogP contribution in [0.1, 0.15) is 31.2 Å². The number of nitrogens with one attached hydrogen (secondary N) is 2. The smallest absolute Gasteiger partial charge is 0.239 e. The van der Waals surface area contributed by atoms with Crippen LogP contribution in [-0.4, -0.2) is 31.0 Å². The number of carbonyl (C=O) groups excluding carboxylic acids is 2. The average Bonchev–Trinajstić information content (AvgIpc) is 3.06. The summed E-state index contributed by atoms with van der Waals surface area (Å²) in [5.41, 5.74) is 0.747. The molecule has 1 unspecified atom stereocenters.